The Morgan fingerprint density at radius 2 is 2.31 bits per heavy atom. The topological polar surface area (TPSA) is 41.0 Å². The van der Waals surface area contributed by atoms with Crippen LogP contribution in [0, 0.1) is 5.92 Å². The Balaban J connectivity index is 1.93. The van der Waals surface area contributed by atoms with Gasteiger partial charge in [-0.15, -0.1) is 0 Å². The average molecular weight is 241 g/mol. The van der Waals surface area contributed by atoms with Gasteiger partial charge >= 0.3 is 0 Å². The minimum atomic E-state index is 0.561. The van der Waals surface area contributed by atoms with E-state index < -0.39 is 0 Å². The average Bonchev–Trinajstić information content (AvgIpc) is 3.04. The minimum Gasteiger partial charge on any atom is -0.367 e. The Morgan fingerprint density at radius 3 is 2.88 bits per heavy atom. The summed E-state index contributed by atoms with van der Waals surface area (Å²) < 4.78 is 0. The third kappa shape index (κ3) is 2.83. The first-order valence-electron chi connectivity index (χ1n) is 5.54. The Hall–Kier alpha value is -0.870. The lowest BCUT2D eigenvalue weighted by molar-refractivity contribution is 0.276. The molecule has 5 heteroatoms. The molecule has 1 aromatic heterocycles. The Bertz CT molecular complexity index is 350. The number of hydrogen-bond acceptors (Lipinski definition) is 4. The van der Waals surface area contributed by atoms with Gasteiger partial charge in [-0.05, 0) is 32.9 Å². The maximum Gasteiger partial charge on any atom is 0.148 e. The molecule has 0 radical (unpaired) electrons. The lowest BCUT2D eigenvalue weighted by atomic mass is 10.1. The van der Waals surface area contributed by atoms with Gasteiger partial charge in [0.2, 0.25) is 0 Å². The van der Waals surface area contributed by atoms with Crippen molar-refractivity contribution in [3.05, 3.63) is 17.5 Å². The van der Waals surface area contributed by atoms with Crippen LogP contribution in [0.1, 0.15) is 12.8 Å². The maximum atomic E-state index is 5.98. The highest BCUT2D eigenvalue weighted by atomic mass is 35.5. The monoisotopic (exact) mass is 240 g/mol. The molecule has 4 nitrogen and oxygen atoms in total. The summed E-state index contributed by atoms with van der Waals surface area (Å²) in [7, 11) is 4.23. The van der Waals surface area contributed by atoms with Gasteiger partial charge in [-0.25, -0.2) is 9.97 Å². The quantitative estimate of drug-likeness (QED) is 0.854. The molecule has 0 amide bonds. The molecule has 0 spiro atoms. The van der Waals surface area contributed by atoms with Crippen LogP contribution in [0.15, 0.2) is 12.5 Å². The van der Waals surface area contributed by atoms with Gasteiger partial charge in [-0.1, -0.05) is 11.6 Å². The predicted molar refractivity (Wildman–Crippen MR) is 65.7 cm³/mol. The van der Waals surface area contributed by atoms with E-state index in [2.05, 4.69) is 34.3 Å². The van der Waals surface area contributed by atoms with E-state index in [1.165, 1.54) is 19.2 Å². The van der Waals surface area contributed by atoms with Crippen LogP contribution in [0.5, 0.6) is 0 Å². The number of nitrogens with zero attached hydrogens (tertiary/aromatic N) is 3. The molecule has 2 rings (SSSR count). The summed E-state index contributed by atoms with van der Waals surface area (Å²) in [5.74, 6) is 1.55. The normalized spacial score (nSPS) is 17.5. The van der Waals surface area contributed by atoms with Crippen LogP contribution in [0.4, 0.5) is 5.82 Å². The van der Waals surface area contributed by atoms with E-state index in [1.807, 2.05) is 0 Å². The fraction of sp³-hybridized carbons (Fsp3) is 0.636. The van der Waals surface area contributed by atoms with Gasteiger partial charge in [0, 0.05) is 12.6 Å². The van der Waals surface area contributed by atoms with Crippen molar-refractivity contribution in [2.24, 2.45) is 5.92 Å². The van der Waals surface area contributed by atoms with Crippen molar-refractivity contribution in [1.82, 2.24) is 14.9 Å². The molecule has 1 saturated carbocycles. The fourth-order valence-corrected chi connectivity index (χ4v) is 2.07. The number of halogens is 1. The van der Waals surface area contributed by atoms with Crippen molar-refractivity contribution in [3.8, 4) is 0 Å². The molecule has 0 saturated heterocycles. The number of likely N-dealkylation sites (N-methyl/N-ethyl adjacent to an activating group) is 1. The lowest BCUT2D eigenvalue weighted by Gasteiger charge is -2.24. The van der Waals surface area contributed by atoms with E-state index in [4.69, 9.17) is 11.6 Å². The van der Waals surface area contributed by atoms with Crippen molar-refractivity contribution < 1.29 is 0 Å². The standard InChI is InChI=1S/C11H17ClN4/c1-16(2)10(8-3-4-8)6-14-11-9(12)5-13-7-15-11/h5,7-8,10H,3-4,6H2,1-2H3,(H,13,14,15). The highest BCUT2D eigenvalue weighted by Gasteiger charge is 2.32. The highest BCUT2D eigenvalue weighted by molar-refractivity contribution is 6.32. The molecule has 1 N–H and O–H groups in total. The Kier molecular flexibility index (Phi) is 3.61. The third-order valence-electron chi connectivity index (χ3n) is 2.98. The molecule has 0 bridgehead atoms. The van der Waals surface area contributed by atoms with Gasteiger partial charge in [-0.3, -0.25) is 0 Å². The summed E-state index contributed by atoms with van der Waals surface area (Å²) in [6.07, 6.45) is 5.79. The van der Waals surface area contributed by atoms with Crippen molar-refractivity contribution in [3.63, 3.8) is 0 Å². The van der Waals surface area contributed by atoms with Crippen LogP contribution in [-0.2, 0) is 0 Å². The van der Waals surface area contributed by atoms with Gasteiger partial charge in [-0.2, -0.15) is 0 Å². The molecular formula is C11H17ClN4. The van der Waals surface area contributed by atoms with E-state index >= 15 is 0 Å². The van der Waals surface area contributed by atoms with Crippen molar-refractivity contribution in [1.29, 1.82) is 0 Å². The summed E-state index contributed by atoms with van der Waals surface area (Å²) in [5.41, 5.74) is 0. The molecule has 1 fully saturated rings. The zero-order valence-electron chi connectivity index (χ0n) is 9.65. The van der Waals surface area contributed by atoms with Gasteiger partial charge in [0.25, 0.3) is 0 Å². The summed E-state index contributed by atoms with van der Waals surface area (Å²) in [6, 6.07) is 0.561. The molecule has 0 aromatic carbocycles. The predicted octanol–water partition coefficient (Wildman–Crippen LogP) is 1.88. The van der Waals surface area contributed by atoms with Crippen LogP contribution in [0.2, 0.25) is 5.02 Å². The first-order chi connectivity index (χ1) is 7.68. The fourth-order valence-electron chi connectivity index (χ4n) is 1.90. The molecule has 1 aromatic rings. The zero-order valence-corrected chi connectivity index (χ0v) is 10.4. The number of rotatable bonds is 5. The summed E-state index contributed by atoms with van der Waals surface area (Å²) in [4.78, 5) is 10.2. The molecular weight excluding hydrogens is 224 g/mol. The first-order valence-corrected chi connectivity index (χ1v) is 5.92. The lowest BCUT2D eigenvalue weighted by Crippen LogP contribution is -2.36. The van der Waals surface area contributed by atoms with E-state index in [1.54, 1.807) is 6.20 Å². The van der Waals surface area contributed by atoms with Gasteiger partial charge in [0.15, 0.2) is 0 Å². The van der Waals surface area contributed by atoms with E-state index in [0.717, 1.165) is 18.3 Å². The molecule has 1 atom stereocenters. The summed E-state index contributed by atoms with van der Waals surface area (Å²) >= 11 is 5.98. The highest BCUT2D eigenvalue weighted by Crippen LogP contribution is 2.34. The van der Waals surface area contributed by atoms with E-state index in [9.17, 15) is 0 Å². The third-order valence-corrected chi connectivity index (χ3v) is 3.25. The second kappa shape index (κ2) is 4.97. The van der Waals surface area contributed by atoms with Crippen LogP contribution < -0.4 is 5.32 Å². The van der Waals surface area contributed by atoms with Crippen LogP contribution in [0.25, 0.3) is 0 Å². The largest absolute Gasteiger partial charge is 0.367 e. The van der Waals surface area contributed by atoms with Gasteiger partial charge in [0.05, 0.1) is 6.20 Å². The molecule has 0 aliphatic heterocycles. The summed E-state index contributed by atoms with van der Waals surface area (Å²) in [6.45, 7) is 0.883. The number of nitrogens with one attached hydrogen (secondary N) is 1. The second-order valence-corrected chi connectivity index (χ2v) is 4.88. The number of anilines is 1. The van der Waals surface area contributed by atoms with Gasteiger partial charge in [0.1, 0.15) is 17.2 Å². The van der Waals surface area contributed by atoms with E-state index in [0.29, 0.717) is 11.1 Å². The van der Waals surface area contributed by atoms with Crippen molar-refractivity contribution in [2.45, 2.75) is 18.9 Å². The van der Waals surface area contributed by atoms with E-state index in [-0.39, 0.29) is 0 Å². The molecule has 1 heterocycles. The second-order valence-electron chi connectivity index (χ2n) is 4.47. The number of hydrogen-bond donors (Lipinski definition) is 1. The Labute approximate surface area is 101 Å². The van der Waals surface area contributed by atoms with Crippen LogP contribution >= 0.6 is 11.6 Å². The van der Waals surface area contributed by atoms with Crippen LogP contribution in [-0.4, -0.2) is 41.5 Å². The van der Waals surface area contributed by atoms with Crippen molar-refractivity contribution >= 4 is 17.4 Å². The minimum absolute atomic E-state index is 0.561. The van der Waals surface area contributed by atoms with Gasteiger partial charge < -0.3 is 10.2 Å². The maximum absolute atomic E-state index is 5.98. The number of aromatic nitrogens is 2. The SMILES string of the molecule is CN(C)C(CNc1ncncc1Cl)C1CC1. The molecule has 1 aliphatic carbocycles. The first kappa shape index (κ1) is 11.6. The van der Waals surface area contributed by atoms with Crippen molar-refractivity contribution in [2.75, 3.05) is 26.0 Å². The van der Waals surface area contributed by atoms with Crippen LogP contribution in [0.3, 0.4) is 0 Å². The molecule has 1 unspecified atom stereocenters. The Morgan fingerprint density at radius 1 is 1.56 bits per heavy atom. The molecule has 16 heavy (non-hydrogen) atoms. The zero-order chi connectivity index (χ0) is 11.5. The molecule has 88 valence electrons. The smallest absolute Gasteiger partial charge is 0.148 e. The summed E-state index contributed by atoms with van der Waals surface area (Å²) in [5, 5.41) is 3.87. The molecule has 1 aliphatic rings.